The van der Waals surface area contributed by atoms with Crippen LogP contribution in [0.25, 0.3) is 10.8 Å². The van der Waals surface area contributed by atoms with Crippen LogP contribution in [0, 0.1) is 0 Å². The lowest BCUT2D eigenvalue weighted by Crippen LogP contribution is -2.25. The maximum absolute atomic E-state index is 11.4. The molecule has 0 saturated heterocycles. The Morgan fingerprint density at radius 3 is 2.41 bits per heavy atom. The maximum atomic E-state index is 11.4. The maximum Gasteiger partial charge on any atom is 0.224 e. The molecule has 1 aliphatic rings. The standard InChI is InChI=1S/C22H21NO4/c24-18(13-26-19-7-5-15-3-1-2-4-16(15)11-19)14-27-20-8-9-21-17(12-20)6-10-22(25)23-21/h1-5,7-9,11-12,18,24H,6,10,13-14H2,(H,23,25). The smallest absolute Gasteiger partial charge is 0.224 e. The number of aryl methyl sites for hydroxylation is 1. The van der Waals surface area contributed by atoms with Gasteiger partial charge in [-0.05, 0) is 53.1 Å². The fourth-order valence-corrected chi connectivity index (χ4v) is 3.14. The van der Waals surface area contributed by atoms with Crippen molar-refractivity contribution in [3.63, 3.8) is 0 Å². The Balaban J connectivity index is 1.30. The highest BCUT2D eigenvalue weighted by atomic mass is 16.5. The highest BCUT2D eigenvalue weighted by Crippen LogP contribution is 2.27. The van der Waals surface area contributed by atoms with Gasteiger partial charge in [0.05, 0.1) is 0 Å². The molecule has 27 heavy (non-hydrogen) atoms. The summed E-state index contributed by atoms with van der Waals surface area (Å²) in [6, 6.07) is 19.4. The molecule has 1 atom stereocenters. The number of aliphatic hydroxyl groups excluding tert-OH is 1. The molecule has 0 aromatic heterocycles. The second kappa shape index (κ2) is 7.68. The van der Waals surface area contributed by atoms with Crippen molar-refractivity contribution in [1.29, 1.82) is 0 Å². The van der Waals surface area contributed by atoms with Gasteiger partial charge in [-0.1, -0.05) is 30.3 Å². The molecule has 0 saturated carbocycles. The summed E-state index contributed by atoms with van der Waals surface area (Å²) in [6.45, 7) is 0.290. The van der Waals surface area contributed by atoms with E-state index in [-0.39, 0.29) is 19.1 Å². The van der Waals surface area contributed by atoms with Gasteiger partial charge in [-0.15, -0.1) is 0 Å². The van der Waals surface area contributed by atoms with E-state index < -0.39 is 6.10 Å². The third-order valence-corrected chi connectivity index (χ3v) is 4.58. The molecule has 138 valence electrons. The van der Waals surface area contributed by atoms with Crippen molar-refractivity contribution in [3.8, 4) is 11.5 Å². The van der Waals surface area contributed by atoms with Gasteiger partial charge < -0.3 is 19.9 Å². The zero-order chi connectivity index (χ0) is 18.6. The van der Waals surface area contributed by atoms with Crippen molar-refractivity contribution in [2.45, 2.75) is 18.9 Å². The first kappa shape index (κ1) is 17.4. The minimum absolute atomic E-state index is 0.0393. The number of nitrogens with one attached hydrogen (secondary N) is 1. The Hall–Kier alpha value is -3.05. The zero-order valence-corrected chi connectivity index (χ0v) is 14.9. The predicted molar refractivity (Wildman–Crippen MR) is 104 cm³/mol. The lowest BCUT2D eigenvalue weighted by atomic mass is 10.0. The second-order valence-electron chi connectivity index (χ2n) is 6.65. The van der Waals surface area contributed by atoms with Crippen LogP contribution in [-0.2, 0) is 11.2 Å². The van der Waals surface area contributed by atoms with E-state index in [1.165, 1.54) is 0 Å². The number of fused-ring (bicyclic) bond motifs is 2. The van der Waals surface area contributed by atoms with Gasteiger partial charge in [0.15, 0.2) is 0 Å². The Labute approximate surface area is 157 Å². The summed E-state index contributed by atoms with van der Waals surface area (Å²) in [5.41, 5.74) is 1.88. The summed E-state index contributed by atoms with van der Waals surface area (Å²) in [6.07, 6.45) is 0.442. The third kappa shape index (κ3) is 4.20. The molecule has 0 spiro atoms. The first-order valence-corrected chi connectivity index (χ1v) is 9.02. The molecule has 1 heterocycles. The summed E-state index contributed by atoms with van der Waals surface area (Å²) in [5.74, 6) is 1.43. The van der Waals surface area contributed by atoms with E-state index in [1.807, 2.05) is 54.6 Å². The van der Waals surface area contributed by atoms with E-state index in [0.29, 0.717) is 18.6 Å². The number of hydrogen-bond donors (Lipinski definition) is 2. The molecule has 3 aromatic carbocycles. The average Bonchev–Trinajstić information content (AvgIpc) is 2.70. The van der Waals surface area contributed by atoms with E-state index in [1.54, 1.807) is 6.07 Å². The molecule has 1 unspecified atom stereocenters. The fourth-order valence-electron chi connectivity index (χ4n) is 3.14. The molecule has 5 nitrogen and oxygen atoms in total. The van der Waals surface area contributed by atoms with Crippen molar-refractivity contribution < 1.29 is 19.4 Å². The number of rotatable bonds is 6. The van der Waals surface area contributed by atoms with Crippen molar-refractivity contribution in [1.82, 2.24) is 0 Å². The molecular formula is C22H21NO4. The number of carbonyl (C=O) groups excluding carboxylic acids is 1. The normalized spacial score (nSPS) is 14.3. The van der Waals surface area contributed by atoms with Gasteiger partial charge in [0.1, 0.15) is 30.8 Å². The van der Waals surface area contributed by atoms with E-state index in [0.717, 1.165) is 27.8 Å². The quantitative estimate of drug-likeness (QED) is 0.703. The first-order chi connectivity index (χ1) is 13.2. The van der Waals surface area contributed by atoms with E-state index in [4.69, 9.17) is 9.47 Å². The van der Waals surface area contributed by atoms with Crippen molar-refractivity contribution in [3.05, 3.63) is 66.2 Å². The largest absolute Gasteiger partial charge is 0.491 e. The molecule has 0 bridgehead atoms. The number of ether oxygens (including phenoxy) is 2. The molecule has 2 N–H and O–H groups in total. The van der Waals surface area contributed by atoms with Crippen LogP contribution < -0.4 is 14.8 Å². The van der Waals surface area contributed by atoms with E-state index in [9.17, 15) is 9.90 Å². The van der Waals surface area contributed by atoms with Crippen LogP contribution in [-0.4, -0.2) is 30.3 Å². The number of anilines is 1. The van der Waals surface area contributed by atoms with Crippen LogP contribution in [0.15, 0.2) is 60.7 Å². The first-order valence-electron chi connectivity index (χ1n) is 9.02. The van der Waals surface area contributed by atoms with Gasteiger partial charge in [-0.3, -0.25) is 4.79 Å². The second-order valence-corrected chi connectivity index (χ2v) is 6.65. The Morgan fingerprint density at radius 1 is 0.889 bits per heavy atom. The summed E-state index contributed by atoms with van der Waals surface area (Å²) < 4.78 is 11.4. The van der Waals surface area contributed by atoms with Crippen LogP contribution in [0.1, 0.15) is 12.0 Å². The highest BCUT2D eigenvalue weighted by Gasteiger charge is 2.15. The van der Waals surface area contributed by atoms with Gasteiger partial charge in [0, 0.05) is 12.1 Å². The minimum Gasteiger partial charge on any atom is -0.491 e. The van der Waals surface area contributed by atoms with Crippen LogP contribution in [0.2, 0.25) is 0 Å². The van der Waals surface area contributed by atoms with Gasteiger partial charge >= 0.3 is 0 Å². The van der Waals surface area contributed by atoms with Crippen molar-refractivity contribution in [2.75, 3.05) is 18.5 Å². The molecule has 0 radical (unpaired) electrons. The van der Waals surface area contributed by atoms with Gasteiger partial charge in [-0.25, -0.2) is 0 Å². The van der Waals surface area contributed by atoms with E-state index >= 15 is 0 Å². The molecule has 1 amide bonds. The third-order valence-electron chi connectivity index (χ3n) is 4.58. The lowest BCUT2D eigenvalue weighted by Gasteiger charge is -2.18. The van der Waals surface area contributed by atoms with E-state index in [2.05, 4.69) is 5.32 Å². The van der Waals surface area contributed by atoms with Crippen LogP contribution in [0.3, 0.4) is 0 Å². The summed E-state index contributed by atoms with van der Waals surface area (Å²) in [4.78, 5) is 11.4. The van der Waals surface area contributed by atoms with Crippen LogP contribution >= 0.6 is 0 Å². The fraction of sp³-hybridized carbons (Fsp3) is 0.227. The number of aliphatic hydroxyl groups is 1. The van der Waals surface area contributed by atoms with Crippen molar-refractivity contribution in [2.24, 2.45) is 0 Å². The topological polar surface area (TPSA) is 67.8 Å². The average molecular weight is 363 g/mol. The zero-order valence-electron chi connectivity index (χ0n) is 14.9. The molecule has 4 rings (SSSR count). The minimum atomic E-state index is -0.743. The van der Waals surface area contributed by atoms with Crippen LogP contribution in [0.5, 0.6) is 11.5 Å². The molecular weight excluding hydrogens is 342 g/mol. The molecule has 3 aromatic rings. The monoisotopic (exact) mass is 363 g/mol. The number of benzene rings is 3. The number of carbonyl (C=O) groups is 1. The number of amides is 1. The van der Waals surface area contributed by atoms with Crippen molar-refractivity contribution >= 4 is 22.4 Å². The molecule has 0 aliphatic carbocycles. The molecule has 5 heteroatoms. The molecule has 1 aliphatic heterocycles. The Bertz CT molecular complexity index is 969. The Kier molecular flexibility index (Phi) is 4.94. The number of hydrogen-bond acceptors (Lipinski definition) is 4. The predicted octanol–water partition coefficient (Wildman–Crippen LogP) is 3.54. The summed E-state index contributed by atoms with van der Waals surface area (Å²) in [5, 5.41) is 15.2. The molecule has 0 fully saturated rings. The van der Waals surface area contributed by atoms with Gasteiger partial charge in [-0.2, -0.15) is 0 Å². The highest BCUT2D eigenvalue weighted by molar-refractivity contribution is 5.94. The van der Waals surface area contributed by atoms with Crippen LogP contribution in [0.4, 0.5) is 5.69 Å². The Morgan fingerprint density at radius 2 is 1.59 bits per heavy atom. The summed E-state index contributed by atoms with van der Waals surface area (Å²) >= 11 is 0. The van der Waals surface area contributed by atoms with Gasteiger partial charge in [0.2, 0.25) is 5.91 Å². The lowest BCUT2D eigenvalue weighted by molar-refractivity contribution is -0.116. The van der Waals surface area contributed by atoms with Gasteiger partial charge in [0.25, 0.3) is 0 Å². The summed E-state index contributed by atoms with van der Waals surface area (Å²) in [7, 11) is 0. The SMILES string of the molecule is O=C1CCc2cc(OCC(O)COc3ccc4ccccc4c3)ccc2N1.